The van der Waals surface area contributed by atoms with Crippen LogP contribution in [0.25, 0.3) is 61.6 Å². The third kappa shape index (κ3) is 5.31. The van der Waals surface area contributed by atoms with Gasteiger partial charge >= 0.3 is 0 Å². The monoisotopic (exact) mass is 735 g/mol. The summed E-state index contributed by atoms with van der Waals surface area (Å²) in [6, 6.07) is 55.9. The van der Waals surface area contributed by atoms with Crippen molar-refractivity contribution < 1.29 is 4.42 Å². The summed E-state index contributed by atoms with van der Waals surface area (Å²) in [4.78, 5) is 2.45. The van der Waals surface area contributed by atoms with Gasteiger partial charge in [0.1, 0.15) is 11.3 Å². The maximum absolute atomic E-state index is 6.48. The van der Waals surface area contributed by atoms with Crippen LogP contribution in [0.15, 0.2) is 175 Å². The number of fused-ring (bicyclic) bond motifs is 7. The van der Waals surface area contributed by atoms with E-state index in [-0.39, 0.29) is 10.8 Å². The van der Waals surface area contributed by atoms with Crippen LogP contribution in [0, 0.1) is 6.92 Å². The number of rotatable bonds is 7. The number of para-hydroxylation sites is 1. The van der Waals surface area contributed by atoms with Gasteiger partial charge in [0.15, 0.2) is 0 Å². The van der Waals surface area contributed by atoms with E-state index in [2.05, 4.69) is 198 Å². The molecule has 0 amide bonds. The third-order valence-corrected chi connectivity index (χ3v) is 12.7. The van der Waals surface area contributed by atoms with Crippen LogP contribution in [0.2, 0.25) is 0 Å². The van der Waals surface area contributed by atoms with Gasteiger partial charge in [-0.25, -0.2) is 0 Å². The summed E-state index contributed by atoms with van der Waals surface area (Å²) < 4.78 is 6.48. The SMILES string of the molecule is C=C/C=C\c1oc2c(-c3ccc(N(c4ccc(-c5ccccc5)cc4)c4cccc5c4-c4cc6c(cc4C5(C)C)-c4ccccc4C6(C)C)cc3)cccc2c1C. The lowest BCUT2D eigenvalue weighted by atomic mass is 9.79. The maximum Gasteiger partial charge on any atom is 0.142 e. The summed E-state index contributed by atoms with van der Waals surface area (Å²) in [6.45, 7) is 15.5. The van der Waals surface area contributed by atoms with E-state index < -0.39 is 0 Å². The van der Waals surface area contributed by atoms with Gasteiger partial charge in [-0.2, -0.15) is 0 Å². The first-order chi connectivity index (χ1) is 27.7. The second-order valence-corrected chi connectivity index (χ2v) is 16.6. The zero-order chi connectivity index (χ0) is 39.1. The Hall–Kier alpha value is -6.64. The van der Waals surface area contributed by atoms with Crippen LogP contribution in [-0.2, 0) is 10.8 Å². The largest absolute Gasteiger partial charge is 0.456 e. The molecule has 276 valence electrons. The molecule has 0 N–H and O–H groups in total. The highest BCUT2D eigenvalue weighted by atomic mass is 16.3. The van der Waals surface area contributed by atoms with Crippen molar-refractivity contribution in [1.82, 2.24) is 0 Å². The normalized spacial score (nSPS) is 14.3. The predicted molar refractivity (Wildman–Crippen MR) is 241 cm³/mol. The predicted octanol–water partition coefficient (Wildman–Crippen LogP) is 15.4. The standard InChI is InChI=1S/C55H45NO/c1-7-8-24-51-35(2)41-19-14-20-42(53(41)57-51)38-27-31-40(32-28-38)56(39-29-25-37(26-30-39)36-16-10-9-11-17-36)50-23-15-22-47-52(50)45-34-48-44(33-49(45)55(47,5)6)43-18-12-13-21-46(43)54(48,3)4/h7-34H,1H2,2-6H3/b24-8-. The summed E-state index contributed by atoms with van der Waals surface area (Å²) in [5.41, 5.74) is 20.6. The smallest absolute Gasteiger partial charge is 0.142 e. The quantitative estimate of drug-likeness (QED) is 0.152. The molecule has 0 saturated carbocycles. The fourth-order valence-electron chi connectivity index (χ4n) is 9.60. The molecule has 1 aromatic heterocycles. The minimum atomic E-state index is -0.177. The molecule has 0 bridgehead atoms. The highest BCUT2D eigenvalue weighted by Gasteiger charge is 2.43. The van der Waals surface area contributed by atoms with Crippen molar-refractivity contribution >= 4 is 34.1 Å². The molecule has 0 fully saturated rings. The van der Waals surface area contributed by atoms with Gasteiger partial charge in [0.25, 0.3) is 0 Å². The van der Waals surface area contributed by atoms with Crippen LogP contribution in [0.4, 0.5) is 17.1 Å². The Labute approximate surface area is 336 Å². The molecule has 0 radical (unpaired) electrons. The van der Waals surface area contributed by atoms with Gasteiger partial charge in [-0.05, 0) is 111 Å². The van der Waals surface area contributed by atoms with E-state index in [0.29, 0.717) is 0 Å². The number of benzene rings is 7. The summed E-state index contributed by atoms with van der Waals surface area (Å²) in [7, 11) is 0. The van der Waals surface area contributed by atoms with Crippen molar-refractivity contribution in [3.63, 3.8) is 0 Å². The van der Waals surface area contributed by atoms with Gasteiger partial charge in [-0.3, -0.25) is 0 Å². The molecule has 10 rings (SSSR count). The lowest BCUT2D eigenvalue weighted by molar-refractivity contribution is 0.602. The number of allylic oxidation sites excluding steroid dienone is 2. The van der Waals surface area contributed by atoms with Crippen LogP contribution in [0.3, 0.4) is 0 Å². The van der Waals surface area contributed by atoms with Crippen LogP contribution < -0.4 is 4.90 Å². The molecule has 2 aliphatic rings. The van der Waals surface area contributed by atoms with Crippen LogP contribution >= 0.6 is 0 Å². The third-order valence-electron chi connectivity index (χ3n) is 12.7. The van der Waals surface area contributed by atoms with E-state index in [1.165, 1.54) is 61.3 Å². The van der Waals surface area contributed by atoms with E-state index in [4.69, 9.17) is 4.42 Å². The van der Waals surface area contributed by atoms with Crippen LogP contribution in [-0.4, -0.2) is 0 Å². The molecule has 0 unspecified atom stereocenters. The van der Waals surface area contributed by atoms with E-state index in [0.717, 1.165) is 44.8 Å². The first-order valence-corrected chi connectivity index (χ1v) is 20.0. The lowest BCUT2D eigenvalue weighted by Gasteiger charge is -2.29. The molecule has 2 aliphatic carbocycles. The second-order valence-electron chi connectivity index (χ2n) is 16.6. The van der Waals surface area contributed by atoms with Gasteiger partial charge in [0.05, 0.1) is 5.69 Å². The van der Waals surface area contributed by atoms with Crippen molar-refractivity contribution in [2.45, 2.75) is 45.4 Å². The average Bonchev–Trinajstić information content (AvgIpc) is 3.78. The first-order valence-electron chi connectivity index (χ1n) is 20.0. The van der Waals surface area contributed by atoms with E-state index in [1.54, 1.807) is 6.08 Å². The molecule has 0 aliphatic heterocycles. The molecule has 8 aromatic rings. The zero-order valence-electron chi connectivity index (χ0n) is 33.2. The van der Waals surface area contributed by atoms with Crippen molar-refractivity contribution in [3.8, 4) is 44.5 Å². The summed E-state index contributed by atoms with van der Waals surface area (Å²) in [5.74, 6) is 0.859. The van der Waals surface area contributed by atoms with E-state index in [9.17, 15) is 0 Å². The Bertz CT molecular complexity index is 2900. The van der Waals surface area contributed by atoms with Crippen molar-refractivity contribution in [3.05, 3.63) is 204 Å². The minimum absolute atomic E-state index is 0.0936. The molecular formula is C55H45NO. The fourth-order valence-corrected chi connectivity index (χ4v) is 9.60. The van der Waals surface area contributed by atoms with Gasteiger partial charge in [-0.1, -0.05) is 156 Å². The minimum Gasteiger partial charge on any atom is -0.456 e. The van der Waals surface area contributed by atoms with Gasteiger partial charge in [0.2, 0.25) is 0 Å². The zero-order valence-corrected chi connectivity index (χ0v) is 33.2. The topological polar surface area (TPSA) is 16.4 Å². The lowest BCUT2D eigenvalue weighted by Crippen LogP contribution is -2.17. The Kier molecular flexibility index (Phi) is 7.92. The highest BCUT2D eigenvalue weighted by molar-refractivity contribution is 5.99. The van der Waals surface area contributed by atoms with Gasteiger partial charge < -0.3 is 9.32 Å². The number of nitrogens with zero attached hydrogens (tertiary/aromatic N) is 1. The van der Waals surface area contributed by atoms with Crippen molar-refractivity contribution in [2.75, 3.05) is 4.90 Å². The molecule has 2 heteroatoms. The Balaban J connectivity index is 1.15. The van der Waals surface area contributed by atoms with Gasteiger partial charge in [-0.15, -0.1) is 0 Å². The molecule has 0 spiro atoms. The molecule has 1 heterocycles. The molecular weight excluding hydrogens is 691 g/mol. The molecule has 0 atom stereocenters. The Morgan fingerprint density at radius 2 is 1.11 bits per heavy atom. The molecule has 7 aromatic carbocycles. The number of hydrogen-bond donors (Lipinski definition) is 0. The van der Waals surface area contributed by atoms with Crippen molar-refractivity contribution in [2.24, 2.45) is 0 Å². The number of aryl methyl sites for hydroxylation is 1. The van der Waals surface area contributed by atoms with Crippen molar-refractivity contribution in [1.29, 1.82) is 0 Å². The van der Waals surface area contributed by atoms with Gasteiger partial charge in [0, 0.05) is 44.3 Å². The summed E-state index contributed by atoms with van der Waals surface area (Å²) in [5, 5.41) is 1.12. The summed E-state index contributed by atoms with van der Waals surface area (Å²) in [6.07, 6.45) is 5.69. The molecule has 0 saturated heterocycles. The Morgan fingerprint density at radius 3 is 1.84 bits per heavy atom. The number of anilines is 3. The van der Waals surface area contributed by atoms with E-state index >= 15 is 0 Å². The fraction of sp³-hybridized carbons (Fsp3) is 0.127. The highest BCUT2D eigenvalue weighted by Crippen LogP contribution is 2.58. The first kappa shape index (κ1) is 34.8. The average molecular weight is 736 g/mol. The second kappa shape index (κ2) is 13.0. The van der Waals surface area contributed by atoms with Crippen LogP contribution in [0.1, 0.15) is 61.3 Å². The number of furan rings is 1. The summed E-state index contributed by atoms with van der Waals surface area (Å²) >= 11 is 0. The number of hydrogen-bond acceptors (Lipinski definition) is 2. The Morgan fingerprint density at radius 1 is 0.526 bits per heavy atom. The molecule has 2 nitrogen and oxygen atoms in total. The van der Waals surface area contributed by atoms with Crippen LogP contribution in [0.5, 0.6) is 0 Å². The maximum atomic E-state index is 6.48. The van der Waals surface area contributed by atoms with E-state index in [1.807, 2.05) is 12.2 Å². The molecule has 57 heavy (non-hydrogen) atoms.